The fourth-order valence-electron chi connectivity index (χ4n) is 2.59. The molecule has 1 heterocycles. The zero-order chi connectivity index (χ0) is 16.4. The molecule has 3 rings (SSSR count). The molecule has 5 heteroatoms. The van der Waals surface area contributed by atoms with Crippen LogP contribution in [0.1, 0.15) is 5.56 Å². The summed E-state index contributed by atoms with van der Waals surface area (Å²) in [6, 6.07) is 15.5. The summed E-state index contributed by atoms with van der Waals surface area (Å²) in [5.41, 5.74) is 2.32. The number of aromatic nitrogens is 1. The number of ether oxygens (including phenoxy) is 1. The lowest BCUT2D eigenvalue weighted by molar-refractivity contribution is 0.368. The van der Waals surface area contributed by atoms with Gasteiger partial charge < -0.3 is 19.7 Å². The molecule has 0 amide bonds. The summed E-state index contributed by atoms with van der Waals surface area (Å²) < 4.78 is 6.48. The number of rotatable bonds is 4. The van der Waals surface area contributed by atoms with E-state index >= 15 is 0 Å². The number of nitrogens with one attached hydrogen (secondary N) is 1. The maximum absolute atomic E-state index is 12.2. The van der Waals surface area contributed by atoms with E-state index in [-0.39, 0.29) is 17.1 Å². The normalized spacial score (nSPS) is 10.7. The third-order valence-electron chi connectivity index (χ3n) is 3.87. The van der Waals surface area contributed by atoms with Gasteiger partial charge in [-0.2, -0.15) is 0 Å². The van der Waals surface area contributed by atoms with Gasteiger partial charge in [0.1, 0.15) is 0 Å². The highest BCUT2D eigenvalue weighted by atomic mass is 16.5. The van der Waals surface area contributed by atoms with Gasteiger partial charge >= 0.3 is 0 Å². The van der Waals surface area contributed by atoms with Gasteiger partial charge in [-0.25, -0.2) is 0 Å². The monoisotopic (exact) mass is 310 g/mol. The third kappa shape index (κ3) is 2.73. The highest BCUT2D eigenvalue weighted by Gasteiger charge is 2.15. The molecule has 118 valence electrons. The Balaban J connectivity index is 1.99. The fourth-order valence-corrected chi connectivity index (χ4v) is 2.59. The standard InChI is InChI=1S/C18H18N2O3/c1-20-15-10-13(19-11-12-6-4-3-5-7-12)8-9-14(15)16(21)17(23-2)18(20)22/h3-10,19,21H,11H2,1-2H3. The maximum atomic E-state index is 12.2. The molecule has 0 aliphatic rings. The molecular weight excluding hydrogens is 292 g/mol. The SMILES string of the molecule is COc1c(O)c2ccc(NCc3ccccc3)cc2n(C)c1=O. The molecule has 0 fully saturated rings. The fraction of sp³-hybridized carbons (Fsp3) is 0.167. The largest absolute Gasteiger partial charge is 0.504 e. The highest BCUT2D eigenvalue weighted by Crippen LogP contribution is 2.32. The molecule has 0 aliphatic carbocycles. The molecule has 0 radical (unpaired) electrons. The summed E-state index contributed by atoms with van der Waals surface area (Å²) in [5.74, 6) is -0.162. The quantitative estimate of drug-likeness (QED) is 0.778. The van der Waals surface area contributed by atoms with E-state index in [1.54, 1.807) is 13.1 Å². The summed E-state index contributed by atoms with van der Waals surface area (Å²) >= 11 is 0. The smallest absolute Gasteiger partial charge is 0.297 e. The Bertz CT molecular complexity index is 902. The van der Waals surface area contributed by atoms with Crippen molar-refractivity contribution >= 4 is 16.6 Å². The van der Waals surface area contributed by atoms with Crippen molar-refractivity contribution in [3.63, 3.8) is 0 Å². The van der Waals surface area contributed by atoms with Crippen molar-refractivity contribution in [3.8, 4) is 11.5 Å². The van der Waals surface area contributed by atoms with E-state index in [1.807, 2.05) is 42.5 Å². The zero-order valence-electron chi connectivity index (χ0n) is 13.0. The first-order valence-corrected chi connectivity index (χ1v) is 7.29. The Labute approximate surface area is 133 Å². The van der Waals surface area contributed by atoms with Gasteiger partial charge in [-0.15, -0.1) is 0 Å². The number of hydrogen-bond acceptors (Lipinski definition) is 4. The second kappa shape index (κ2) is 6.04. The molecular formula is C18H18N2O3. The molecule has 0 saturated heterocycles. The number of methoxy groups -OCH3 is 1. The van der Waals surface area contributed by atoms with Gasteiger partial charge in [0.15, 0.2) is 5.75 Å². The number of nitrogens with zero attached hydrogens (tertiary/aromatic N) is 1. The lowest BCUT2D eigenvalue weighted by Gasteiger charge is -2.13. The minimum Gasteiger partial charge on any atom is -0.504 e. The molecule has 0 atom stereocenters. The first kappa shape index (κ1) is 15.0. The van der Waals surface area contributed by atoms with Crippen LogP contribution in [0.4, 0.5) is 5.69 Å². The molecule has 0 spiro atoms. The topological polar surface area (TPSA) is 63.5 Å². The minimum absolute atomic E-state index is 0.0370. The molecule has 0 bridgehead atoms. The van der Waals surface area contributed by atoms with Crippen LogP contribution in [0, 0.1) is 0 Å². The molecule has 3 aromatic rings. The van der Waals surface area contributed by atoms with Crippen LogP contribution in [0.15, 0.2) is 53.3 Å². The Morgan fingerprint density at radius 1 is 1.17 bits per heavy atom. The number of fused-ring (bicyclic) bond motifs is 1. The average Bonchev–Trinajstić information content (AvgIpc) is 2.59. The Kier molecular flexibility index (Phi) is 3.93. The molecule has 0 unspecified atom stereocenters. The number of aryl methyl sites for hydroxylation is 1. The second-order valence-electron chi connectivity index (χ2n) is 5.32. The van der Waals surface area contributed by atoms with Gasteiger partial charge in [-0.05, 0) is 23.8 Å². The van der Waals surface area contributed by atoms with E-state index in [1.165, 1.54) is 17.2 Å². The van der Waals surface area contributed by atoms with Crippen LogP contribution in [0.25, 0.3) is 10.9 Å². The molecule has 0 aliphatic heterocycles. The average molecular weight is 310 g/mol. The number of benzene rings is 2. The first-order valence-electron chi connectivity index (χ1n) is 7.29. The van der Waals surface area contributed by atoms with Gasteiger partial charge in [-0.3, -0.25) is 4.79 Å². The van der Waals surface area contributed by atoms with Crippen molar-refractivity contribution in [2.45, 2.75) is 6.54 Å². The van der Waals surface area contributed by atoms with Crippen molar-refractivity contribution in [2.24, 2.45) is 7.05 Å². The van der Waals surface area contributed by atoms with E-state index in [0.29, 0.717) is 17.4 Å². The van der Waals surface area contributed by atoms with E-state index in [0.717, 1.165) is 5.69 Å². The van der Waals surface area contributed by atoms with Crippen LogP contribution in [0.2, 0.25) is 0 Å². The molecule has 2 N–H and O–H groups in total. The molecule has 2 aromatic carbocycles. The van der Waals surface area contributed by atoms with Crippen LogP contribution in [-0.2, 0) is 13.6 Å². The van der Waals surface area contributed by atoms with E-state index in [9.17, 15) is 9.90 Å². The van der Waals surface area contributed by atoms with Crippen molar-refractivity contribution in [1.82, 2.24) is 4.57 Å². The Morgan fingerprint density at radius 3 is 2.61 bits per heavy atom. The Hall–Kier alpha value is -2.95. The van der Waals surface area contributed by atoms with E-state index in [4.69, 9.17) is 4.74 Å². The van der Waals surface area contributed by atoms with Crippen molar-refractivity contribution < 1.29 is 9.84 Å². The van der Waals surface area contributed by atoms with Gasteiger partial charge in [-0.1, -0.05) is 30.3 Å². The van der Waals surface area contributed by atoms with Crippen LogP contribution in [0.5, 0.6) is 11.5 Å². The lowest BCUT2D eigenvalue weighted by Crippen LogP contribution is -2.19. The summed E-state index contributed by atoms with van der Waals surface area (Å²) in [7, 11) is 3.03. The molecule has 23 heavy (non-hydrogen) atoms. The number of pyridine rings is 1. The van der Waals surface area contributed by atoms with E-state index in [2.05, 4.69) is 5.32 Å². The van der Waals surface area contributed by atoms with Gasteiger partial charge in [0.05, 0.1) is 12.6 Å². The zero-order valence-corrected chi connectivity index (χ0v) is 13.0. The number of hydrogen-bond donors (Lipinski definition) is 2. The van der Waals surface area contributed by atoms with Crippen LogP contribution in [-0.4, -0.2) is 16.8 Å². The van der Waals surface area contributed by atoms with Crippen molar-refractivity contribution in [2.75, 3.05) is 12.4 Å². The summed E-state index contributed by atoms with van der Waals surface area (Å²) in [6.45, 7) is 0.683. The molecule has 0 saturated carbocycles. The first-order chi connectivity index (χ1) is 11.1. The molecule has 5 nitrogen and oxygen atoms in total. The van der Waals surface area contributed by atoms with Gasteiger partial charge in [0.2, 0.25) is 5.75 Å². The van der Waals surface area contributed by atoms with Crippen LogP contribution in [0.3, 0.4) is 0 Å². The third-order valence-corrected chi connectivity index (χ3v) is 3.87. The summed E-state index contributed by atoms with van der Waals surface area (Å²) in [4.78, 5) is 12.2. The number of anilines is 1. The van der Waals surface area contributed by atoms with Crippen LogP contribution < -0.4 is 15.6 Å². The maximum Gasteiger partial charge on any atom is 0.297 e. The molecule has 1 aromatic heterocycles. The predicted molar refractivity (Wildman–Crippen MR) is 91.2 cm³/mol. The van der Waals surface area contributed by atoms with Gasteiger partial charge in [0, 0.05) is 24.7 Å². The van der Waals surface area contributed by atoms with Crippen molar-refractivity contribution in [3.05, 3.63) is 64.4 Å². The summed E-state index contributed by atoms with van der Waals surface area (Å²) in [5, 5.41) is 14.1. The van der Waals surface area contributed by atoms with Crippen molar-refractivity contribution in [1.29, 1.82) is 0 Å². The van der Waals surface area contributed by atoms with E-state index < -0.39 is 0 Å². The predicted octanol–water partition coefficient (Wildman–Crippen LogP) is 2.86. The van der Waals surface area contributed by atoms with Gasteiger partial charge in [0.25, 0.3) is 5.56 Å². The highest BCUT2D eigenvalue weighted by molar-refractivity contribution is 5.89. The second-order valence-corrected chi connectivity index (χ2v) is 5.32. The minimum atomic E-state index is -0.363. The lowest BCUT2D eigenvalue weighted by atomic mass is 10.1. The van der Waals surface area contributed by atoms with Crippen LogP contribution >= 0.6 is 0 Å². The Morgan fingerprint density at radius 2 is 1.91 bits per heavy atom. The number of aromatic hydroxyl groups is 1. The summed E-state index contributed by atoms with van der Waals surface area (Å²) in [6.07, 6.45) is 0.